The Kier molecular flexibility index (Phi) is 3.36. The lowest BCUT2D eigenvalue weighted by Crippen LogP contribution is -2.11. The Hall–Kier alpha value is -3.88. The number of imidazole rings is 2. The van der Waals surface area contributed by atoms with Gasteiger partial charge in [0.15, 0.2) is 5.82 Å². The second-order valence-electron chi connectivity index (χ2n) is 5.70. The number of rotatable bonds is 4. The van der Waals surface area contributed by atoms with Crippen molar-refractivity contribution < 1.29 is 19.8 Å². The zero-order valence-electron chi connectivity index (χ0n) is 13.4. The molecule has 130 valence electrons. The van der Waals surface area contributed by atoms with E-state index < -0.39 is 5.97 Å². The van der Waals surface area contributed by atoms with Crippen molar-refractivity contribution in [3.63, 3.8) is 0 Å². The maximum Gasteiger partial charge on any atom is 0.323 e. The summed E-state index contributed by atoms with van der Waals surface area (Å²) in [6, 6.07) is 11.6. The number of aliphatic carboxylic acids is 1. The van der Waals surface area contributed by atoms with Crippen molar-refractivity contribution >= 4 is 40.4 Å². The van der Waals surface area contributed by atoms with Gasteiger partial charge < -0.3 is 20.1 Å². The second kappa shape index (κ2) is 5.59. The van der Waals surface area contributed by atoms with Gasteiger partial charge >= 0.3 is 5.97 Å². The van der Waals surface area contributed by atoms with E-state index in [0.717, 1.165) is 4.73 Å². The summed E-state index contributed by atoms with van der Waals surface area (Å²) in [6.45, 7) is 2.93. The Bertz CT molecular complexity index is 1190. The first-order chi connectivity index (χ1) is 12.5. The van der Waals surface area contributed by atoms with Crippen molar-refractivity contribution in [1.29, 1.82) is 0 Å². The molecular formula is C17H13N5O4. The van der Waals surface area contributed by atoms with Crippen LogP contribution in [0, 0.1) is 5.21 Å². The third-order valence-electron chi connectivity index (χ3n) is 4.05. The standard InChI is InChI=1S/C17H13N5O4/c1-20(25)10-6-7-12-14(8-10)22(26)17(19-12)16-18-11-4-2-3-5-13(11)21(16)9-15(23)24/h2-8,26H,1,9H2,(H,23,24). The quantitative estimate of drug-likeness (QED) is 0.191. The van der Waals surface area contributed by atoms with Crippen LogP contribution in [-0.4, -0.2) is 47.0 Å². The van der Waals surface area contributed by atoms with Crippen LogP contribution < -0.4 is 0 Å². The molecule has 4 aromatic rings. The molecule has 0 amide bonds. The highest BCUT2D eigenvalue weighted by Crippen LogP contribution is 2.28. The molecule has 0 radical (unpaired) electrons. The summed E-state index contributed by atoms with van der Waals surface area (Å²) >= 11 is 0. The van der Waals surface area contributed by atoms with Gasteiger partial charge in [0.05, 0.1) is 16.6 Å². The lowest BCUT2D eigenvalue weighted by molar-refractivity contribution is -0.349. The highest BCUT2D eigenvalue weighted by molar-refractivity contribution is 5.85. The fourth-order valence-electron chi connectivity index (χ4n) is 2.89. The summed E-state index contributed by atoms with van der Waals surface area (Å²) in [7, 11) is 0. The minimum atomic E-state index is -1.05. The Labute approximate surface area is 146 Å². The maximum atomic E-state index is 11.4. The van der Waals surface area contributed by atoms with E-state index in [-0.39, 0.29) is 29.4 Å². The Morgan fingerprint density at radius 2 is 1.81 bits per heavy atom. The van der Waals surface area contributed by atoms with Gasteiger partial charge in [0.1, 0.15) is 18.8 Å². The van der Waals surface area contributed by atoms with Crippen LogP contribution in [-0.2, 0) is 11.3 Å². The van der Waals surface area contributed by atoms with Gasteiger partial charge in [-0.2, -0.15) is 9.47 Å². The Morgan fingerprint density at radius 1 is 1.12 bits per heavy atom. The molecule has 0 bridgehead atoms. The van der Waals surface area contributed by atoms with Crippen molar-refractivity contribution in [1.82, 2.24) is 19.3 Å². The average Bonchev–Trinajstić information content (AvgIpc) is 3.12. The van der Waals surface area contributed by atoms with Crippen LogP contribution in [0.2, 0.25) is 0 Å². The van der Waals surface area contributed by atoms with Crippen molar-refractivity contribution in [2.45, 2.75) is 6.54 Å². The molecule has 0 aliphatic carbocycles. The molecule has 9 nitrogen and oxygen atoms in total. The lowest BCUT2D eigenvalue weighted by Gasteiger charge is -2.05. The van der Waals surface area contributed by atoms with E-state index in [1.54, 1.807) is 30.3 Å². The van der Waals surface area contributed by atoms with Crippen LogP contribution >= 0.6 is 0 Å². The molecule has 26 heavy (non-hydrogen) atoms. The second-order valence-corrected chi connectivity index (χ2v) is 5.70. The van der Waals surface area contributed by atoms with Gasteiger partial charge in [-0.15, -0.1) is 0 Å². The number of fused-ring (bicyclic) bond motifs is 2. The number of hydrogen-bond acceptors (Lipinski definition) is 5. The number of aromatic nitrogens is 4. The van der Waals surface area contributed by atoms with Crippen LogP contribution in [0.25, 0.3) is 33.7 Å². The summed E-state index contributed by atoms with van der Waals surface area (Å²) in [5, 5.41) is 31.2. The number of hydrogen-bond donors (Lipinski definition) is 2. The molecule has 0 fully saturated rings. The summed E-state index contributed by atoms with van der Waals surface area (Å²) in [6.07, 6.45) is 0. The third-order valence-corrected chi connectivity index (χ3v) is 4.05. The molecule has 2 heterocycles. The Balaban J connectivity index is 1.99. The fourth-order valence-corrected chi connectivity index (χ4v) is 2.89. The van der Waals surface area contributed by atoms with E-state index in [1.165, 1.54) is 16.7 Å². The van der Waals surface area contributed by atoms with Crippen molar-refractivity contribution in [2.75, 3.05) is 0 Å². The van der Waals surface area contributed by atoms with E-state index in [4.69, 9.17) is 0 Å². The highest BCUT2D eigenvalue weighted by Gasteiger charge is 2.21. The molecule has 4 rings (SSSR count). The minimum absolute atomic E-state index is 0.0797. The zero-order valence-corrected chi connectivity index (χ0v) is 13.4. The van der Waals surface area contributed by atoms with Gasteiger partial charge in [0.25, 0.3) is 0 Å². The first-order valence-corrected chi connectivity index (χ1v) is 7.62. The molecule has 0 saturated carbocycles. The smallest absolute Gasteiger partial charge is 0.323 e. The van der Waals surface area contributed by atoms with E-state index in [2.05, 4.69) is 16.7 Å². The molecule has 0 saturated heterocycles. The largest absolute Gasteiger partial charge is 0.619 e. The number of carbonyl (C=O) groups is 1. The van der Waals surface area contributed by atoms with E-state index in [1.807, 2.05) is 0 Å². The monoisotopic (exact) mass is 351 g/mol. The van der Waals surface area contributed by atoms with Gasteiger partial charge in [0.2, 0.25) is 11.5 Å². The summed E-state index contributed by atoms with van der Waals surface area (Å²) in [5.74, 6) is -0.755. The summed E-state index contributed by atoms with van der Waals surface area (Å²) in [4.78, 5) is 20.0. The number of carboxylic acids is 1. The van der Waals surface area contributed by atoms with Crippen molar-refractivity contribution in [3.05, 3.63) is 47.7 Å². The topological polar surface area (TPSA) is 119 Å². The van der Waals surface area contributed by atoms with Crippen LogP contribution in [0.15, 0.2) is 42.5 Å². The molecule has 2 aromatic carbocycles. The molecule has 2 aromatic heterocycles. The predicted octanol–water partition coefficient (Wildman–Crippen LogP) is 2.22. The van der Waals surface area contributed by atoms with E-state index in [0.29, 0.717) is 21.3 Å². The molecule has 0 aliphatic heterocycles. The average molecular weight is 351 g/mol. The van der Waals surface area contributed by atoms with Crippen LogP contribution in [0.1, 0.15) is 0 Å². The molecule has 0 aliphatic rings. The van der Waals surface area contributed by atoms with Gasteiger partial charge in [-0.1, -0.05) is 12.1 Å². The van der Waals surface area contributed by atoms with E-state index in [9.17, 15) is 20.3 Å². The van der Waals surface area contributed by atoms with Gasteiger partial charge in [-0.25, -0.2) is 9.97 Å². The molecule has 0 unspecified atom stereocenters. The number of nitrogens with zero attached hydrogens (tertiary/aromatic N) is 5. The van der Waals surface area contributed by atoms with Crippen LogP contribution in [0.4, 0.5) is 5.69 Å². The summed E-state index contributed by atoms with van der Waals surface area (Å²) in [5.41, 5.74) is 2.16. The first kappa shape index (κ1) is 15.6. The highest BCUT2D eigenvalue weighted by atomic mass is 16.5. The van der Waals surface area contributed by atoms with Crippen LogP contribution in [0.5, 0.6) is 0 Å². The minimum Gasteiger partial charge on any atom is -0.619 e. The van der Waals surface area contributed by atoms with Crippen LogP contribution in [0.3, 0.4) is 0 Å². The van der Waals surface area contributed by atoms with Crippen molar-refractivity contribution in [2.24, 2.45) is 0 Å². The van der Waals surface area contributed by atoms with Gasteiger partial charge in [-0.05, 0) is 18.2 Å². The summed E-state index contributed by atoms with van der Waals surface area (Å²) < 4.78 is 2.68. The first-order valence-electron chi connectivity index (χ1n) is 7.62. The molecule has 9 heteroatoms. The number of benzene rings is 2. The normalized spacial score (nSPS) is 11.2. The van der Waals surface area contributed by atoms with Gasteiger partial charge in [0, 0.05) is 12.1 Å². The maximum absolute atomic E-state index is 11.4. The predicted molar refractivity (Wildman–Crippen MR) is 93.7 cm³/mol. The van der Waals surface area contributed by atoms with Gasteiger partial charge in [-0.3, -0.25) is 4.79 Å². The van der Waals surface area contributed by atoms with Crippen molar-refractivity contribution in [3.8, 4) is 11.6 Å². The molecule has 0 spiro atoms. The third kappa shape index (κ3) is 2.34. The SMILES string of the molecule is C=[N+]([O-])c1ccc2nc(-c3nc4ccccc4n3CC(=O)O)n(O)c2c1. The fraction of sp³-hybridized carbons (Fsp3) is 0.0588. The number of para-hydroxylation sites is 2. The molecule has 2 N–H and O–H groups in total. The Morgan fingerprint density at radius 3 is 2.54 bits per heavy atom. The zero-order chi connectivity index (χ0) is 18.4. The van der Waals surface area contributed by atoms with E-state index >= 15 is 0 Å². The number of carboxylic acid groups (broad SMARTS) is 1. The lowest BCUT2D eigenvalue weighted by atomic mass is 10.3. The molecular weight excluding hydrogens is 338 g/mol. The molecule has 0 atom stereocenters.